The van der Waals surface area contributed by atoms with Crippen LogP contribution in [0.4, 0.5) is 0 Å². The highest BCUT2D eigenvalue weighted by Crippen LogP contribution is 2.40. The highest BCUT2D eigenvalue weighted by molar-refractivity contribution is 4.92. The average Bonchev–Trinajstić information content (AvgIpc) is 4.03. The van der Waals surface area contributed by atoms with Gasteiger partial charge in [0, 0.05) is 26.4 Å². The van der Waals surface area contributed by atoms with Crippen LogP contribution < -0.4 is 0 Å². The zero-order valence-corrected chi connectivity index (χ0v) is 35.3. The number of unbranched alkanes of at least 4 members (excludes halogenated alkanes) is 2. The second-order valence-electron chi connectivity index (χ2n) is 14.8. The lowest BCUT2D eigenvalue weighted by Crippen LogP contribution is -2.19. The minimum atomic E-state index is 0.337. The lowest BCUT2D eigenvalue weighted by Gasteiger charge is -2.18. The van der Waals surface area contributed by atoms with Crippen LogP contribution >= 0.6 is 0 Å². The maximum Gasteiger partial charge on any atom is 0.111 e. The van der Waals surface area contributed by atoms with Gasteiger partial charge in [-0.15, -0.1) is 0 Å². The third kappa shape index (κ3) is 29.1. The van der Waals surface area contributed by atoms with E-state index in [2.05, 4.69) is 26.3 Å². The van der Waals surface area contributed by atoms with Gasteiger partial charge in [0.2, 0.25) is 0 Å². The van der Waals surface area contributed by atoms with Gasteiger partial charge in [0.1, 0.15) is 25.4 Å². The van der Waals surface area contributed by atoms with Gasteiger partial charge in [0.25, 0.3) is 0 Å². The van der Waals surface area contributed by atoms with Crippen molar-refractivity contribution in [2.24, 2.45) is 11.8 Å². The monoisotopic (exact) mass is 829 g/mol. The minimum absolute atomic E-state index is 0.337. The van der Waals surface area contributed by atoms with Crippen LogP contribution in [-0.4, -0.2) is 156 Å². The van der Waals surface area contributed by atoms with E-state index >= 15 is 0 Å². The molecule has 6 rings (SSSR count). The zero-order valence-electron chi connectivity index (χ0n) is 35.3. The highest BCUT2D eigenvalue weighted by atomic mass is 16.6. The molecule has 0 spiro atoms. The van der Waals surface area contributed by atoms with Gasteiger partial charge in [0.05, 0.1) is 129 Å². The van der Waals surface area contributed by atoms with E-state index < -0.39 is 0 Å². The summed E-state index contributed by atoms with van der Waals surface area (Å²) in [5.41, 5.74) is 0. The highest BCUT2D eigenvalue weighted by Gasteiger charge is 2.44. The summed E-state index contributed by atoms with van der Waals surface area (Å²) in [6, 6.07) is 0. The number of rotatable bonds is 34. The van der Waals surface area contributed by atoms with Gasteiger partial charge < -0.3 is 66.3 Å². The van der Waals surface area contributed by atoms with Crippen molar-refractivity contribution >= 4 is 0 Å². The van der Waals surface area contributed by atoms with Crippen LogP contribution in [0, 0.1) is 11.8 Å². The summed E-state index contributed by atoms with van der Waals surface area (Å²) in [4.78, 5) is 0. The molecular weight excluding hydrogens is 752 g/mol. The maximum atomic E-state index is 5.68. The molecule has 8 atom stereocenters. The van der Waals surface area contributed by atoms with Crippen molar-refractivity contribution in [1.82, 2.24) is 0 Å². The molecule has 2 saturated carbocycles. The van der Waals surface area contributed by atoms with Crippen LogP contribution in [0.2, 0.25) is 0 Å². The molecule has 0 N–H and O–H groups in total. The van der Waals surface area contributed by atoms with Crippen LogP contribution in [0.15, 0.2) is 51.4 Å². The predicted octanol–water partition coefficient (Wildman–Crippen LogP) is 6.18. The van der Waals surface area contributed by atoms with Gasteiger partial charge in [-0.25, -0.2) is 0 Å². The number of hydrogen-bond acceptors (Lipinski definition) is 14. The fourth-order valence-corrected chi connectivity index (χ4v) is 6.30. The Bertz CT molecular complexity index is 1010. The Hall–Kier alpha value is -2.24. The van der Waals surface area contributed by atoms with Crippen molar-refractivity contribution in [3.05, 3.63) is 51.4 Å². The van der Waals surface area contributed by atoms with E-state index in [4.69, 9.17) is 66.3 Å². The van der Waals surface area contributed by atoms with Crippen LogP contribution in [0.1, 0.15) is 64.2 Å². The molecule has 4 saturated heterocycles. The molecule has 0 aromatic heterocycles. The molecule has 0 amide bonds. The summed E-state index contributed by atoms with van der Waals surface area (Å²) in [7, 11) is 0. The molecule has 4 heterocycles. The Labute approximate surface area is 348 Å². The quantitative estimate of drug-likeness (QED) is 0.0414. The molecule has 0 bridgehead atoms. The summed E-state index contributed by atoms with van der Waals surface area (Å²) in [5.74, 6) is 1.41. The summed E-state index contributed by atoms with van der Waals surface area (Å²) in [6.45, 7) is 26.7. The molecule has 6 fully saturated rings. The Balaban J connectivity index is 0.000000209. The largest absolute Gasteiger partial charge is 0.502 e. The van der Waals surface area contributed by atoms with E-state index in [1.54, 1.807) is 0 Å². The fraction of sp³-hybridized carbons (Fsp3) is 0.818. The first-order valence-corrected chi connectivity index (χ1v) is 21.6. The van der Waals surface area contributed by atoms with Gasteiger partial charge in [0.15, 0.2) is 0 Å². The van der Waals surface area contributed by atoms with E-state index in [0.717, 1.165) is 91.1 Å². The lowest BCUT2D eigenvalue weighted by molar-refractivity contribution is 0.0168. The van der Waals surface area contributed by atoms with E-state index in [-0.39, 0.29) is 0 Å². The van der Waals surface area contributed by atoms with Gasteiger partial charge in [-0.1, -0.05) is 26.3 Å². The van der Waals surface area contributed by atoms with Gasteiger partial charge in [-0.05, 0) is 76.0 Å². The molecular formula is C44H76O14. The first-order chi connectivity index (χ1) is 28.7. The summed E-state index contributed by atoms with van der Waals surface area (Å²) >= 11 is 0. The molecule has 4 aliphatic heterocycles. The zero-order chi connectivity index (χ0) is 41.1. The van der Waals surface area contributed by atoms with Crippen molar-refractivity contribution < 1.29 is 66.3 Å². The summed E-state index contributed by atoms with van der Waals surface area (Å²) in [6.07, 6.45) is 20.4. The molecule has 0 radical (unpaired) electrons. The first kappa shape index (κ1) is 50.1. The molecule has 8 unspecified atom stereocenters. The van der Waals surface area contributed by atoms with Crippen molar-refractivity contribution in [2.45, 2.75) is 101 Å². The average molecular weight is 829 g/mol. The van der Waals surface area contributed by atoms with Gasteiger partial charge >= 0.3 is 0 Å². The van der Waals surface area contributed by atoms with Crippen LogP contribution in [0.5, 0.6) is 0 Å². The van der Waals surface area contributed by atoms with E-state index in [1.807, 2.05) is 0 Å². The Morgan fingerprint density at radius 1 is 0.379 bits per heavy atom. The van der Waals surface area contributed by atoms with Crippen molar-refractivity contribution in [3.8, 4) is 0 Å². The van der Waals surface area contributed by atoms with Gasteiger partial charge in [-0.3, -0.25) is 0 Å². The fourth-order valence-electron chi connectivity index (χ4n) is 6.30. The second kappa shape index (κ2) is 34.5. The van der Waals surface area contributed by atoms with Crippen LogP contribution in [0.3, 0.4) is 0 Å². The first-order valence-electron chi connectivity index (χ1n) is 21.6. The molecule has 14 nitrogen and oxygen atoms in total. The van der Waals surface area contributed by atoms with E-state index in [9.17, 15) is 0 Å². The third-order valence-electron chi connectivity index (χ3n) is 9.85. The molecule has 0 aromatic rings. The molecule has 2 aliphatic carbocycles. The number of fused-ring (bicyclic) bond motifs is 2. The Morgan fingerprint density at radius 2 is 0.724 bits per heavy atom. The normalized spacial score (nSPS) is 26.5. The van der Waals surface area contributed by atoms with Crippen LogP contribution in [0.25, 0.3) is 0 Å². The summed E-state index contributed by atoms with van der Waals surface area (Å²) < 4.78 is 73.2. The van der Waals surface area contributed by atoms with E-state index in [1.165, 1.54) is 63.6 Å². The standard InChI is InChI=1S/C13H22O4.C13H22O3.C9H16O4.C9H16O3/c1-2-14-5-6-15-7-8-16-10-11-3-4-12-13(9-11)17-12;1-2-14-7-3-4-8-15-10-11-5-6-12-13(9-11)16-12;1-2-10-3-4-11-5-6-12-7-9-8-13-9;1-2-10-5-3-4-6-11-7-9-8-12-9/h2,11-13H,1,3-10H2;2,11-13H,1,3-10H2;2,9H,1,3-8H2;2,9H,1,3-8H2. The molecule has 6 aliphatic rings. The number of hydrogen-bond donors (Lipinski definition) is 0. The lowest BCUT2D eigenvalue weighted by atomic mass is 9.90. The minimum Gasteiger partial charge on any atom is -0.502 e. The second-order valence-corrected chi connectivity index (χ2v) is 14.8. The van der Waals surface area contributed by atoms with E-state index in [0.29, 0.717) is 102 Å². The van der Waals surface area contributed by atoms with Gasteiger partial charge in [-0.2, -0.15) is 0 Å². The Morgan fingerprint density at radius 3 is 1.14 bits per heavy atom. The SMILES string of the molecule is C=COCCCCOCC1CCC2OC2C1.C=COCCCCOCC1CO1.C=COCCOCCOCC1CCC2OC2C1.C=COCCOCCOCC1CO1. The van der Waals surface area contributed by atoms with Crippen LogP contribution in [-0.2, 0) is 66.3 Å². The topological polar surface area (TPSA) is 142 Å². The van der Waals surface area contributed by atoms with Crippen molar-refractivity contribution in [1.29, 1.82) is 0 Å². The third-order valence-corrected chi connectivity index (χ3v) is 9.85. The Kier molecular flexibility index (Phi) is 29.8. The smallest absolute Gasteiger partial charge is 0.111 e. The molecule has 58 heavy (non-hydrogen) atoms. The van der Waals surface area contributed by atoms with Crippen molar-refractivity contribution in [3.63, 3.8) is 0 Å². The molecule has 14 heteroatoms. The number of epoxide rings is 4. The number of ether oxygens (including phenoxy) is 14. The summed E-state index contributed by atoms with van der Waals surface area (Å²) in [5, 5.41) is 0. The molecule has 0 aromatic carbocycles. The molecule has 336 valence electrons. The van der Waals surface area contributed by atoms with Crippen molar-refractivity contribution in [2.75, 3.05) is 119 Å². The maximum absolute atomic E-state index is 5.68. The predicted molar refractivity (Wildman–Crippen MR) is 219 cm³/mol.